The molecular formula is C14H25N3O. The molecule has 0 saturated heterocycles. The third-order valence-electron chi connectivity index (χ3n) is 3.04. The summed E-state index contributed by atoms with van der Waals surface area (Å²) in [6, 6.07) is 4.64. The summed E-state index contributed by atoms with van der Waals surface area (Å²) in [6.45, 7) is 7.73. The van der Waals surface area contributed by atoms with Crippen LogP contribution in [0.1, 0.15) is 25.1 Å². The molecule has 0 radical (unpaired) electrons. The average Bonchev–Trinajstić information content (AvgIpc) is 2.38. The number of nitrogens with one attached hydrogen (secondary N) is 1. The Kier molecular flexibility index (Phi) is 6.86. The summed E-state index contributed by atoms with van der Waals surface area (Å²) in [7, 11) is 3.83. The van der Waals surface area contributed by atoms with E-state index >= 15 is 0 Å². The number of rotatable bonds is 8. The van der Waals surface area contributed by atoms with Crippen molar-refractivity contribution in [3.63, 3.8) is 0 Å². The van der Waals surface area contributed by atoms with E-state index in [1.165, 1.54) is 5.56 Å². The fourth-order valence-electron chi connectivity index (χ4n) is 1.70. The van der Waals surface area contributed by atoms with Crippen LogP contribution in [0.4, 0.5) is 0 Å². The van der Waals surface area contributed by atoms with Crippen LogP contribution in [0.15, 0.2) is 18.3 Å². The van der Waals surface area contributed by atoms with E-state index in [-0.39, 0.29) is 0 Å². The molecule has 1 unspecified atom stereocenters. The van der Waals surface area contributed by atoms with Gasteiger partial charge in [0.15, 0.2) is 0 Å². The minimum absolute atomic E-state index is 0.401. The first kappa shape index (κ1) is 15.1. The first-order valence-electron chi connectivity index (χ1n) is 6.51. The average molecular weight is 251 g/mol. The maximum Gasteiger partial charge on any atom is 0.0615 e. The zero-order valence-electron chi connectivity index (χ0n) is 11.9. The van der Waals surface area contributed by atoms with Crippen molar-refractivity contribution in [2.24, 2.45) is 0 Å². The summed E-state index contributed by atoms with van der Waals surface area (Å²) in [5.74, 6) is 0. The second-order valence-corrected chi connectivity index (χ2v) is 4.66. The van der Waals surface area contributed by atoms with Gasteiger partial charge in [0.25, 0.3) is 0 Å². The van der Waals surface area contributed by atoms with E-state index in [4.69, 9.17) is 4.74 Å². The fourth-order valence-corrected chi connectivity index (χ4v) is 1.70. The number of ether oxygens (including phenoxy) is 1. The maximum absolute atomic E-state index is 5.16. The second kappa shape index (κ2) is 8.19. The van der Waals surface area contributed by atoms with Crippen LogP contribution in [-0.4, -0.2) is 43.2 Å². The molecule has 1 aromatic heterocycles. The molecule has 4 nitrogen and oxygen atoms in total. The number of hydrogen-bond acceptors (Lipinski definition) is 4. The Morgan fingerprint density at radius 1 is 1.44 bits per heavy atom. The van der Waals surface area contributed by atoms with Gasteiger partial charge in [0.05, 0.1) is 12.3 Å². The molecule has 18 heavy (non-hydrogen) atoms. The maximum atomic E-state index is 5.16. The van der Waals surface area contributed by atoms with E-state index in [0.717, 1.165) is 31.9 Å². The van der Waals surface area contributed by atoms with Crippen LogP contribution >= 0.6 is 0 Å². The first-order valence-corrected chi connectivity index (χ1v) is 6.51. The zero-order chi connectivity index (χ0) is 13.4. The molecule has 0 saturated carbocycles. The predicted molar refractivity (Wildman–Crippen MR) is 74.4 cm³/mol. The van der Waals surface area contributed by atoms with Crippen LogP contribution < -0.4 is 5.32 Å². The molecule has 1 heterocycles. The van der Waals surface area contributed by atoms with E-state index < -0.39 is 0 Å². The van der Waals surface area contributed by atoms with Crippen molar-refractivity contribution >= 4 is 0 Å². The first-order chi connectivity index (χ1) is 8.67. The van der Waals surface area contributed by atoms with Gasteiger partial charge >= 0.3 is 0 Å². The van der Waals surface area contributed by atoms with Crippen molar-refractivity contribution in [3.8, 4) is 0 Å². The quantitative estimate of drug-likeness (QED) is 0.762. The normalized spacial score (nSPS) is 12.9. The standard InChI is InChI=1S/C14H25N3O/c1-5-15-8-13-6-7-14(16-9-13)10-17(3)12(2)11-18-4/h6-7,9,12,15H,5,8,10-11H2,1-4H3. The number of methoxy groups -OCH3 is 1. The van der Waals surface area contributed by atoms with Gasteiger partial charge in [-0.25, -0.2) is 0 Å². The number of nitrogens with zero attached hydrogens (tertiary/aromatic N) is 2. The van der Waals surface area contributed by atoms with Gasteiger partial charge in [0.1, 0.15) is 0 Å². The van der Waals surface area contributed by atoms with Gasteiger partial charge in [-0.05, 0) is 32.1 Å². The second-order valence-electron chi connectivity index (χ2n) is 4.66. The van der Waals surface area contributed by atoms with E-state index in [1.807, 2.05) is 6.20 Å². The van der Waals surface area contributed by atoms with E-state index in [2.05, 4.69) is 48.2 Å². The third kappa shape index (κ3) is 5.12. The van der Waals surface area contributed by atoms with Crippen molar-refractivity contribution in [2.75, 3.05) is 27.3 Å². The summed E-state index contributed by atoms with van der Waals surface area (Å²) < 4.78 is 5.16. The molecular weight excluding hydrogens is 226 g/mol. The monoisotopic (exact) mass is 251 g/mol. The van der Waals surface area contributed by atoms with Crippen LogP contribution in [0.2, 0.25) is 0 Å². The van der Waals surface area contributed by atoms with Gasteiger partial charge < -0.3 is 10.1 Å². The minimum atomic E-state index is 0.401. The Hall–Kier alpha value is -0.970. The highest BCUT2D eigenvalue weighted by molar-refractivity contribution is 5.13. The van der Waals surface area contributed by atoms with Gasteiger partial charge in [0.2, 0.25) is 0 Å². The van der Waals surface area contributed by atoms with Gasteiger partial charge in [-0.3, -0.25) is 9.88 Å². The summed E-state index contributed by atoms with van der Waals surface area (Å²) in [6.07, 6.45) is 1.95. The van der Waals surface area contributed by atoms with Crippen molar-refractivity contribution in [1.29, 1.82) is 0 Å². The van der Waals surface area contributed by atoms with Crippen LogP contribution in [0.5, 0.6) is 0 Å². The minimum Gasteiger partial charge on any atom is -0.383 e. The number of aromatic nitrogens is 1. The van der Waals surface area contributed by atoms with E-state index in [1.54, 1.807) is 7.11 Å². The number of likely N-dealkylation sites (N-methyl/N-ethyl adjacent to an activating group) is 1. The molecule has 0 spiro atoms. The van der Waals surface area contributed by atoms with Gasteiger partial charge in [-0.2, -0.15) is 0 Å². The zero-order valence-corrected chi connectivity index (χ0v) is 11.9. The Morgan fingerprint density at radius 2 is 2.22 bits per heavy atom. The molecule has 0 aliphatic heterocycles. The molecule has 0 amide bonds. The van der Waals surface area contributed by atoms with E-state index in [9.17, 15) is 0 Å². The summed E-state index contributed by atoms with van der Waals surface area (Å²) in [4.78, 5) is 6.74. The Labute approximate surface area is 110 Å². The van der Waals surface area contributed by atoms with Crippen LogP contribution in [0.3, 0.4) is 0 Å². The molecule has 102 valence electrons. The SMILES string of the molecule is CCNCc1ccc(CN(C)C(C)COC)nc1. The predicted octanol–water partition coefficient (Wildman–Crippen LogP) is 1.66. The highest BCUT2D eigenvalue weighted by Crippen LogP contribution is 2.05. The largest absolute Gasteiger partial charge is 0.383 e. The molecule has 4 heteroatoms. The van der Waals surface area contributed by atoms with Gasteiger partial charge in [-0.15, -0.1) is 0 Å². The summed E-state index contributed by atoms with van der Waals surface area (Å²) in [5, 5.41) is 3.29. The smallest absolute Gasteiger partial charge is 0.0615 e. The molecule has 1 N–H and O–H groups in total. The Morgan fingerprint density at radius 3 is 2.78 bits per heavy atom. The molecule has 0 aromatic carbocycles. The van der Waals surface area contributed by atoms with Crippen molar-refractivity contribution in [3.05, 3.63) is 29.6 Å². The fraction of sp³-hybridized carbons (Fsp3) is 0.643. The Bertz CT molecular complexity index is 326. The van der Waals surface area contributed by atoms with E-state index in [0.29, 0.717) is 6.04 Å². The molecule has 0 aliphatic rings. The third-order valence-corrected chi connectivity index (χ3v) is 3.04. The van der Waals surface area contributed by atoms with Crippen molar-refractivity contribution in [1.82, 2.24) is 15.2 Å². The Balaban J connectivity index is 2.47. The summed E-state index contributed by atoms with van der Waals surface area (Å²) in [5.41, 5.74) is 2.33. The van der Waals surface area contributed by atoms with Crippen LogP contribution in [-0.2, 0) is 17.8 Å². The molecule has 0 fully saturated rings. The lowest BCUT2D eigenvalue weighted by atomic mass is 10.2. The van der Waals surface area contributed by atoms with Crippen molar-refractivity contribution in [2.45, 2.75) is 33.0 Å². The number of pyridine rings is 1. The molecule has 0 bridgehead atoms. The van der Waals surface area contributed by atoms with Gasteiger partial charge in [0, 0.05) is 32.4 Å². The topological polar surface area (TPSA) is 37.4 Å². The highest BCUT2D eigenvalue weighted by Gasteiger charge is 2.09. The van der Waals surface area contributed by atoms with Gasteiger partial charge in [-0.1, -0.05) is 13.0 Å². The highest BCUT2D eigenvalue weighted by atomic mass is 16.5. The van der Waals surface area contributed by atoms with Crippen LogP contribution in [0.25, 0.3) is 0 Å². The van der Waals surface area contributed by atoms with Crippen molar-refractivity contribution < 1.29 is 4.74 Å². The van der Waals surface area contributed by atoms with Crippen LogP contribution in [0, 0.1) is 0 Å². The lowest BCUT2D eigenvalue weighted by Crippen LogP contribution is -2.32. The molecule has 1 aromatic rings. The number of hydrogen-bond donors (Lipinski definition) is 1. The molecule has 1 atom stereocenters. The lowest BCUT2D eigenvalue weighted by molar-refractivity contribution is 0.111. The molecule has 0 aliphatic carbocycles. The lowest BCUT2D eigenvalue weighted by Gasteiger charge is -2.23. The summed E-state index contributed by atoms with van der Waals surface area (Å²) >= 11 is 0. The molecule has 1 rings (SSSR count).